The summed E-state index contributed by atoms with van der Waals surface area (Å²) in [6.07, 6.45) is 2.37. The maximum Gasteiger partial charge on any atom is 0.0458 e. The molecule has 1 saturated heterocycles. The highest BCUT2D eigenvalue weighted by molar-refractivity contribution is 7.99. The molecule has 3 heteroatoms. The molecule has 1 fully saturated rings. The fraction of sp³-hybridized carbons (Fsp3) is 0.263. The zero-order chi connectivity index (χ0) is 14.9. The molecule has 2 aromatic carbocycles. The topological polar surface area (TPSA) is 15.3 Å². The summed E-state index contributed by atoms with van der Waals surface area (Å²) in [7, 11) is 0. The van der Waals surface area contributed by atoms with E-state index in [0.717, 1.165) is 26.2 Å². The van der Waals surface area contributed by atoms with Gasteiger partial charge >= 0.3 is 0 Å². The smallest absolute Gasteiger partial charge is 0.0458 e. The van der Waals surface area contributed by atoms with Crippen molar-refractivity contribution >= 4 is 23.5 Å². The number of piperazine rings is 1. The first-order valence-corrected chi connectivity index (χ1v) is 8.68. The van der Waals surface area contributed by atoms with Crippen LogP contribution in [0.25, 0.3) is 11.8 Å². The Bertz CT molecular complexity index is 730. The van der Waals surface area contributed by atoms with Crippen LogP contribution in [0.4, 0.5) is 0 Å². The average molecular weight is 308 g/mol. The van der Waals surface area contributed by atoms with Gasteiger partial charge in [-0.15, -0.1) is 0 Å². The van der Waals surface area contributed by atoms with Crippen molar-refractivity contribution in [1.82, 2.24) is 10.2 Å². The van der Waals surface area contributed by atoms with Crippen LogP contribution in [-0.2, 0) is 0 Å². The Hall–Kier alpha value is -1.71. The van der Waals surface area contributed by atoms with Crippen LogP contribution in [0.1, 0.15) is 16.7 Å². The van der Waals surface area contributed by atoms with Crippen LogP contribution >= 0.6 is 11.8 Å². The van der Waals surface area contributed by atoms with E-state index in [-0.39, 0.29) is 0 Å². The molecule has 0 unspecified atom stereocenters. The average Bonchev–Trinajstić information content (AvgIpc) is 2.72. The van der Waals surface area contributed by atoms with E-state index in [2.05, 4.69) is 65.7 Å². The van der Waals surface area contributed by atoms with Crippen molar-refractivity contribution in [2.24, 2.45) is 0 Å². The Balaban J connectivity index is 1.88. The molecule has 0 aromatic heterocycles. The van der Waals surface area contributed by atoms with Gasteiger partial charge in [-0.2, -0.15) is 0 Å². The highest BCUT2D eigenvalue weighted by Crippen LogP contribution is 2.41. The molecule has 0 aliphatic carbocycles. The summed E-state index contributed by atoms with van der Waals surface area (Å²) < 4.78 is 0. The minimum absolute atomic E-state index is 1.06. The number of fused-ring (bicyclic) bond motifs is 2. The largest absolute Gasteiger partial charge is 0.368 e. The molecule has 22 heavy (non-hydrogen) atoms. The minimum Gasteiger partial charge on any atom is -0.368 e. The fourth-order valence-corrected chi connectivity index (χ4v) is 4.17. The van der Waals surface area contributed by atoms with Crippen LogP contribution in [0, 0.1) is 6.92 Å². The van der Waals surface area contributed by atoms with Crippen LogP contribution in [0.5, 0.6) is 0 Å². The Morgan fingerprint density at radius 1 is 1.00 bits per heavy atom. The number of rotatable bonds is 1. The van der Waals surface area contributed by atoms with Crippen molar-refractivity contribution in [2.45, 2.75) is 16.7 Å². The van der Waals surface area contributed by atoms with E-state index in [1.807, 2.05) is 11.8 Å². The Kier molecular flexibility index (Phi) is 3.68. The molecule has 2 aliphatic heterocycles. The number of benzene rings is 2. The van der Waals surface area contributed by atoms with Crippen molar-refractivity contribution < 1.29 is 0 Å². The van der Waals surface area contributed by atoms with E-state index in [9.17, 15) is 0 Å². The second-order valence-electron chi connectivity index (χ2n) is 5.91. The van der Waals surface area contributed by atoms with Crippen molar-refractivity contribution in [3.8, 4) is 0 Å². The summed E-state index contributed by atoms with van der Waals surface area (Å²) in [5.41, 5.74) is 5.40. The summed E-state index contributed by atoms with van der Waals surface area (Å²) in [6, 6.07) is 15.5. The normalized spacial score (nSPS) is 17.3. The minimum atomic E-state index is 1.06. The first kappa shape index (κ1) is 13.9. The third kappa shape index (κ3) is 2.55. The van der Waals surface area contributed by atoms with Crippen LogP contribution in [0.2, 0.25) is 0 Å². The lowest BCUT2D eigenvalue weighted by Crippen LogP contribution is -2.42. The van der Waals surface area contributed by atoms with Gasteiger partial charge in [-0.25, -0.2) is 0 Å². The maximum atomic E-state index is 3.45. The third-order valence-electron chi connectivity index (χ3n) is 4.30. The highest BCUT2D eigenvalue weighted by atomic mass is 32.2. The molecule has 0 radical (unpaired) electrons. The van der Waals surface area contributed by atoms with E-state index >= 15 is 0 Å². The molecule has 0 spiro atoms. The molecule has 2 aliphatic rings. The standard InChI is InChI=1S/C19H20N2S/c1-14-6-7-19-16(12-14)17(21-10-8-20-9-11-21)13-15-4-2-3-5-18(15)22-19/h2-7,12-13,20H,8-11H2,1H3. The van der Waals surface area contributed by atoms with E-state index in [1.54, 1.807) is 0 Å². The lowest BCUT2D eigenvalue weighted by atomic mass is 10.0. The van der Waals surface area contributed by atoms with Gasteiger partial charge in [-0.3, -0.25) is 0 Å². The van der Waals surface area contributed by atoms with Gasteiger partial charge in [-0.05, 0) is 36.8 Å². The van der Waals surface area contributed by atoms with Crippen molar-refractivity contribution in [1.29, 1.82) is 0 Å². The van der Waals surface area contributed by atoms with Gasteiger partial charge < -0.3 is 10.2 Å². The van der Waals surface area contributed by atoms with E-state index in [0.29, 0.717) is 0 Å². The summed E-state index contributed by atoms with van der Waals surface area (Å²) >= 11 is 1.89. The second kappa shape index (κ2) is 5.82. The monoisotopic (exact) mass is 308 g/mol. The van der Waals surface area contributed by atoms with Crippen LogP contribution in [-0.4, -0.2) is 31.1 Å². The molecule has 4 rings (SSSR count). The van der Waals surface area contributed by atoms with Crippen molar-refractivity contribution in [2.75, 3.05) is 26.2 Å². The number of hydrogen-bond donors (Lipinski definition) is 1. The summed E-state index contributed by atoms with van der Waals surface area (Å²) in [4.78, 5) is 5.23. The van der Waals surface area contributed by atoms with Crippen molar-refractivity contribution in [3.05, 3.63) is 59.2 Å². The SMILES string of the molecule is Cc1ccc2c(c1)C(N1CCNCC1)=Cc1ccccc1S2. The molecule has 1 N–H and O–H groups in total. The molecule has 0 saturated carbocycles. The third-order valence-corrected chi connectivity index (χ3v) is 5.47. The lowest BCUT2D eigenvalue weighted by Gasteiger charge is -2.32. The Labute approximate surface area is 136 Å². The fourth-order valence-electron chi connectivity index (χ4n) is 3.14. The molecule has 112 valence electrons. The zero-order valence-electron chi connectivity index (χ0n) is 12.8. The van der Waals surface area contributed by atoms with Gasteiger partial charge in [0, 0.05) is 47.2 Å². The number of hydrogen-bond acceptors (Lipinski definition) is 3. The summed E-state index contributed by atoms with van der Waals surface area (Å²) in [5.74, 6) is 0. The van der Waals surface area contributed by atoms with E-state index in [1.165, 1.54) is 32.2 Å². The van der Waals surface area contributed by atoms with Crippen molar-refractivity contribution in [3.63, 3.8) is 0 Å². The number of aryl methyl sites for hydroxylation is 1. The van der Waals surface area contributed by atoms with Crippen LogP contribution in [0.15, 0.2) is 52.3 Å². The van der Waals surface area contributed by atoms with E-state index < -0.39 is 0 Å². The van der Waals surface area contributed by atoms with E-state index in [4.69, 9.17) is 0 Å². The molecule has 0 bridgehead atoms. The van der Waals surface area contributed by atoms with Gasteiger partial charge in [-0.1, -0.05) is 41.6 Å². The second-order valence-corrected chi connectivity index (χ2v) is 6.99. The predicted molar refractivity (Wildman–Crippen MR) is 94.1 cm³/mol. The molecule has 2 heterocycles. The first-order valence-electron chi connectivity index (χ1n) is 7.86. The first-order chi connectivity index (χ1) is 10.8. The molecule has 0 atom stereocenters. The predicted octanol–water partition coefficient (Wildman–Crippen LogP) is 3.86. The molecular formula is C19H20N2S. The zero-order valence-corrected chi connectivity index (χ0v) is 13.6. The van der Waals surface area contributed by atoms with Gasteiger partial charge in [0.1, 0.15) is 0 Å². The highest BCUT2D eigenvalue weighted by Gasteiger charge is 2.21. The Morgan fingerprint density at radius 2 is 1.82 bits per heavy atom. The summed E-state index contributed by atoms with van der Waals surface area (Å²) in [5, 5.41) is 3.45. The maximum absolute atomic E-state index is 3.45. The number of nitrogens with zero attached hydrogens (tertiary/aromatic N) is 1. The van der Waals surface area contributed by atoms with Gasteiger partial charge in [0.05, 0.1) is 0 Å². The van der Waals surface area contributed by atoms with Crippen LogP contribution in [0.3, 0.4) is 0 Å². The molecular weight excluding hydrogens is 288 g/mol. The molecule has 2 aromatic rings. The summed E-state index contributed by atoms with van der Waals surface area (Å²) in [6.45, 7) is 6.46. The molecule has 0 amide bonds. The van der Waals surface area contributed by atoms with Gasteiger partial charge in [0.15, 0.2) is 0 Å². The Morgan fingerprint density at radius 3 is 2.68 bits per heavy atom. The van der Waals surface area contributed by atoms with Gasteiger partial charge in [0.25, 0.3) is 0 Å². The lowest BCUT2D eigenvalue weighted by molar-refractivity contribution is 0.341. The quantitative estimate of drug-likeness (QED) is 0.861. The number of nitrogens with one attached hydrogen (secondary N) is 1. The van der Waals surface area contributed by atoms with Gasteiger partial charge in [0.2, 0.25) is 0 Å². The molecule has 2 nitrogen and oxygen atoms in total. The van der Waals surface area contributed by atoms with Crippen LogP contribution < -0.4 is 5.32 Å².